The summed E-state index contributed by atoms with van der Waals surface area (Å²) in [6.45, 7) is 2.05. The highest BCUT2D eigenvalue weighted by atomic mass is 16.3. The number of allylic oxidation sites excluding steroid dienone is 1. The van der Waals surface area contributed by atoms with Gasteiger partial charge in [-0.05, 0) is 12.5 Å². The van der Waals surface area contributed by atoms with Crippen LogP contribution in [0, 0.1) is 0 Å². The number of aromatic amines is 1. The van der Waals surface area contributed by atoms with Crippen LogP contribution < -0.4 is 0 Å². The minimum atomic E-state index is 0.195. The number of H-pyrrole nitrogens is 1. The first-order valence-electron chi connectivity index (χ1n) is 3.60. The van der Waals surface area contributed by atoms with Crippen molar-refractivity contribution in [2.24, 2.45) is 0 Å². The van der Waals surface area contributed by atoms with E-state index >= 15 is 0 Å². The number of hydrogen-bond acceptors (Lipinski definition) is 3. The van der Waals surface area contributed by atoms with Crippen molar-refractivity contribution in [3.8, 4) is 0 Å². The number of unbranched alkanes of at least 4 members (excludes halogenated alkanes) is 1. The molecule has 0 atom stereocenters. The summed E-state index contributed by atoms with van der Waals surface area (Å²) in [7, 11) is 0. The molecule has 4 nitrogen and oxygen atoms in total. The Balaban J connectivity index is 2.62. The van der Waals surface area contributed by atoms with Gasteiger partial charge in [0.2, 0.25) is 0 Å². The second-order valence-electron chi connectivity index (χ2n) is 2.23. The lowest BCUT2D eigenvalue weighted by molar-refractivity contribution is 0.505. The molecule has 0 aromatic carbocycles. The summed E-state index contributed by atoms with van der Waals surface area (Å²) in [5, 5.41) is 19.0. The molecular formula is C7H11N3O. The smallest absolute Gasteiger partial charge is 0.146 e. The standard InChI is InChI=1S/C7H11N3O/c1-2-3-4-7(11)6-5-8-10-9-6/h4-5,11H,2-3H2,1H3,(H,8,9,10). The highest BCUT2D eigenvalue weighted by molar-refractivity contribution is 5.52. The van der Waals surface area contributed by atoms with Gasteiger partial charge in [-0.3, -0.25) is 0 Å². The number of aliphatic hydroxyl groups excluding tert-OH is 1. The van der Waals surface area contributed by atoms with Crippen molar-refractivity contribution in [3.05, 3.63) is 18.0 Å². The number of aliphatic hydroxyl groups is 1. The topological polar surface area (TPSA) is 61.8 Å². The Kier molecular flexibility index (Phi) is 2.66. The van der Waals surface area contributed by atoms with E-state index in [2.05, 4.69) is 15.4 Å². The van der Waals surface area contributed by atoms with Crippen molar-refractivity contribution < 1.29 is 5.11 Å². The van der Waals surface area contributed by atoms with Gasteiger partial charge in [0.1, 0.15) is 11.5 Å². The minimum Gasteiger partial charge on any atom is -0.506 e. The molecule has 1 rings (SSSR count). The van der Waals surface area contributed by atoms with E-state index in [1.165, 1.54) is 6.20 Å². The van der Waals surface area contributed by atoms with E-state index in [4.69, 9.17) is 0 Å². The third kappa shape index (κ3) is 2.07. The van der Waals surface area contributed by atoms with Crippen LogP contribution in [0.1, 0.15) is 25.5 Å². The van der Waals surface area contributed by atoms with Crippen molar-refractivity contribution >= 4 is 5.76 Å². The molecular weight excluding hydrogens is 142 g/mol. The Morgan fingerprint density at radius 3 is 3.18 bits per heavy atom. The third-order valence-electron chi connectivity index (χ3n) is 1.30. The maximum absolute atomic E-state index is 9.28. The molecule has 0 radical (unpaired) electrons. The molecule has 0 aliphatic carbocycles. The third-order valence-corrected chi connectivity index (χ3v) is 1.30. The summed E-state index contributed by atoms with van der Waals surface area (Å²) in [4.78, 5) is 0. The monoisotopic (exact) mass is 153 g/mol. The SMILES string of the molecule is CCCC=C(O)c1cn[nH]n1. The fourth-order valence-electron chi connectivity index (χ4n) is 0.711. The second-order valence-corrected chi connectivity index (χ2v) is 2.23. The zero-order valence-electron chi connectivity index (χ0n) is 6.41. The Hall–Kier alpha value is -1.32. The Morgan fingerprint density at radius 2 is 2.64 bits per heavy atom. The summed E-state index contributed by atoms with van der Waals surface area (Å²) < 4.78 is 0. The first-order valence-corrected chi connectivity index (χ1v) is 3.60. The quantitative estimate of drug-likeness (QED) is 0.647. The first kappa shape index (κ1) is 7.78. The molecule has 0 amide bonds. The van der Waals surface area contributed by atoms with Gasteiger partial charge >= 0.3 is 0 Å². The van der Waals surface area contributed by atoms with Crippen LogP contribution in [-0.2, 0) is 0 Å². The van der Waals surface area contributed by atoms with Crippen molar-refractivity contribution in [3.63, 3.8) is 0 Å². The van der Waals surface area contributed by atoms with Crippen LogP contribution in [0.2, 0.25) is 0 Å². The second kappa shape index (κ2) is 3.75. The molecule has 0 spiro atoms. The van der Waals surface area contributed by atoms with E-state index in [-0.39, 0.29) is 5.76 Å². The summed E-state index contributed by atoms with van der Waals surface area (Å²) >= 11 is 0. The normalized spacial score (nSPS) is 11.9. The van der Waals surface area contributed by atoms with Gasteiger partial charge in [0.25, 0.3) is 0 Å². The Morgan fingerprint density at radius 1 is 1.82 bits per heavy atom. The summed E-state index contributed by atoms with van der Waals surface area (Å²) in [6.07, 6.45) is 5.10. The fourth-order valence-corrected chi connectivity index (χ4v) is 0.711. The highest BCUT2D eigenvalue weighted by Crippen LogP contribution is 2.06. The molecule has 0 fully saturated rings. The van der Waals surface area contributed by atoms with Crippen molar-refractivity contribution in [2.45, 2.75) is 19.8 Å². The van der Waals surface area contributed by atoms with E-state index in [1.54, 1.807) is 6.08 Å². The molecule has 11 heavy (non-hydrogen) atoms. The van der Waals surface area contributed by atoms with Gasteiger partial charge in [-0.2, -0.15) is 15.4 Å². The highest BCUT2D eigenvalue weighted by Gasteiger charge is 1.99. The summed E-state index contributed by atoms with van der Waals surface area (Å²) in [5.74, 6) is 0.195. The Bertz CT molecular complexity index is 228. The van der Waals surface area contributed by atoms with Gasteiger partial charge < -0.3 is 5.11 Å². The maximum atomic E-state index is 9.28. The molecule has 0 aliphatic rings. The number of rotatable bonds is 3. The van der Waals surface area contributed by atoms with Crippen LogP contribution in [-0.4, -0.2) is 20.5 Å². The maximum Gasteiger partial charge on any atom is 0.146 e. The molecule has 0 bridgehead atoms. The van der Waals surface area contributed by atoms with Gasteiger partial charge in [-0.1, -0.05) is 13.3 Å². The van der Waals surface area contributed by atoms with E-state index < -0.39 is 0 Å². The van der Waals surface area contributed by atoms with Crippen LogP contribution in [0.25, 0.3) is 5.76 Å². The number of aromatic nitrogens is 3. The molecule has 60 valence electrons. The average molecular weight is 153 g/mol. The average Bonchev–Trinajstić information content (AvgIpc) is 2.52. The van der Waals surface area contributed by atoms with Crippen molar-refractivity contribution in [2.75, 3.05) is 0 Å². The predicted molar refractivity (Wildman–Crippen MR) is 41.9 cm³/mol. The van der Waals surface area contributed by atoms with Crippen LogP contribution in [0.4, 0.5) is 0 Å². The minimum absolute atomic E-state index is 0.195. The molecule has 1 aromatic heterocycles. The molecule has 0 saturated heterocycles. The van der Waals surface area contributed by atoms with Gasteiger partial charge in [-0.25, -0.2) is 0 Å². The number of hydrogen-bond donors (Lipinski definition) is 2. The molecule has 2 N–H and O–H groups in total. The number of nitrogens with one attached hydrogen (secondary N) is 1. The molecule has 1 heterocycles. The van der Waals surface area contributed by atoms with Gasteiger partial charge in [-0.15, -0.1) is 0 Å². The zero-order valence-corrected chi connectivity index (χ0v) is 6.41. The van der Waals surface area contributed by atoms with E-state index in [1.807, 2.05) is 6.92 Å². The largest absolute Gasteiger partial charge is 0.506 e. The lowest BCUT2D eigenvalue weighted by Gasteiger charge is -1.91. The van der Waals surface area contributed by atoms with Crippen LogP contribution in [0.5, 0.6) is 0 Å². The summed E-state index contributed by atoms with van der Waals surface area (Å²) in [6, 6.07) is 0. The van der Waals surface area contributed by atoms with E-state index in [0.717, 1.165) is 12.8 Å². The molecule has 0 unspecified atom stereocenters. The first-order chi connectivity index (χ1) is 5.34. The number of nitrogens with zero attached hydrogens (tertiary/aromatic N) is 2. The lowest BCUT2D eigenvalue weighted by Crippen LogP contribution is -1.82. The van der Waals surface area contributed by atoms with Crippen LogP contribution in [0.15, 0.2) is 12.3 Å². The van der Waals surface area contributed by atoms with Crippen LogP contribution >= 0.6 is 0 Å². The van der Waals surface area contributed by atoms with E-state index in [9.17, 15) is 5.11 Å². The lowest BCUT2D eigenvalue weighted by atomic mass is 10.2. The Labute approximate surface area is 64.9 Å². The van der Waals surface area contributed by atoms with Gasteiger partial charge in [0.15, 0.2) is 0 Å². The molecule has 0 saturated carbocycles. The van der Waals surface area contributed by atoms with Crippen molar-refractivity contribution in [1.29, 1.82) is 0 Å². The van der Waals surface area contributed by atoms with Crippen molar-refractivity contribution in [1.82, 2.24) is 15.4 Å². The van der Waals surface area contributed by atoms with Gasteiger partial charge in [0, 0.05) is 0 Å². The zero-order chi connectivity index (χ0) is 8.10. The molecule has 0 aliphatic heterocycles. The van der Waals surface area contributed by atoms with E-state index in [0.29, 0.717) is 5.69 Å². The van der Waals surface area contributed by atoms with Crippen LogP contribution in [0.3, 0.4) is 0 Å². The fraction of sp³-hybridized carbons (Fsp3) is 0.429. The predicted octanol–water partition coefficient (Wildman–Crippen LogP) is 1.50. The molecule has 1 aromatic rings. The molecule has 4 heteroatoms. The van der Waals surface area contributed by atoms with Gasteiger partial charge in [0.05, 0.1) is 6.20 Å². The summed E-state index contributed by atoms with van der Waals surface area (Å²) in [5.41, 5.74) is 0.499.